The van der Waals surface area contributed by atoms with Gasteiger partial charge in [0.15, 0.2) is 0 Å². The highest BCUT2D eigenvalue weighted by molar-refractivity contribution is 5.39. The molecule has 96 valence electrons. The fourth-order valence-corrected chi connectivity index (χ4v) is 2.69. The van der Waals surface area contributed by atoms with Gasteiger partial charge in [0.25, 0.3) is 0 Å². The summed E-state index contributed by atoms with van der Waals surface area (Å²) in [6.45, 7) is 0.960. The van der Waals surface area contributed by atoms with Crippen molar-refractivity contribution in [3.63, 3.8) is 0 Å². The van der Waals surface area contributed by atoms with Crippen molar-refractivity contribution in [1.82, 2.24) is 4.90 Å². The van der Waals surface area contributed by atoms with Gasteiger partial charge in [-0.2, -0.15) is 5.26 Å². The maximum atomic E-state index is 8.90. The van der Waals surface area contributed by atoms with Crippen LogP contribution in [0.5, 0.6) is 0 Å². The molecule has 3 nitrogen and oxygen atoms in total. The lowest BCUT2D eigenvalue weighted by Gasteiger charge is -2.32. The maximum Gasteiger partial charge on any atom is 0.0655 e. The molecule has 0 amide bonds. The first-order chi connectivity index (χ1) is 8.69. The van der Waals surface area contributed by atoms with Crippen molar-refractivity contribution in [2.75, 3.05) is 12.8 Å². The Morgan fingerprint density at radius 1 is 1.22 bits per heavy atom. The summed E-state index contributed by atoms with van der Waals surface area (Å²) in [7, 11) is 2.17. The van der Waals surface area contributed by atoms with E-state index in [0.29, 0.717) is 6.04 Å². The third kappa shape index (κ3) is 3.24. The highest BCUT2D eigenvalue weighted by atomic mass is 15.1. The quantitative estimate of drug-likeness (QED) is 0.830. The Hall–Kier alpha value is -1.53. The predicted octanol–water partition coefficient (Wildman–Crippen LogP) is 2.78. The number of nitrogen functional groups attached to an aromatic ring is 1. The van der Waals surface area contributed by atoms with Crippen LogP contribution in [0.4, 0.5) is 5.69 Å². The van der Waals surface area contributed by atoms with Crippen LogP contribution >= 0.6 is 0 Å². The molecule has 0 heterocycles. The Kier molecular flexibility index (Phi) is 4.22. The molecule has 0 atom stereocenters. The molecule has 1 saturated carbocycles. The molecule has 0 aromatic heterocycles. The number of nitrogens with zero attached hydrogens (tertiary/aromatic N) is 2. The predicted molar refractivity (Wildman–Crippen MR) is 73.7 cm³/mol. The Morgan fingerprint density at radius 3 is 2.39 bits per heavy atom. The van der Waals surface area contributed by atoms with E-state index < -0.39 is 0 Å². The Balaban J connectivity index is 1.87. The van der Waals surface area contributed by atoms with Gasteiger partial charge in [0.1, 0.15) is 0 Å². The Bertz CT molecular complexity index is 410. The highest BCUT2D eigenvalue weighted by Crippen LogP contribution is 2.27. The normalized spacial score (nSPS) is 23.8. The van der Waals surface area contributed by atoms with Gasteiger partial charge in [-0.05, 0) is 50.4 Å². The van der Waals surface area contributed by atoms with Crippen molar-refractivity contribution in [1.29, 1.82) is 5.26 Å². The zero-order chi connectivity index (χ0) is 13.0. The second-order valence-corrected chi connectivity index (χ2v) is 5.29. The van der Waals surface area contributed by atoms with Gasteiger partial charge in [0.05, 0.1) is 6.07 Å². The van der Waals surface area contributed by atoms with E-state index in [1.807, 2.05) is 12.1 Å². The van der Waals surface area contributed by atoms with Crippen molar-refractivity contribution in [3.8, 4) is 6.07 Å². The van der Waals surface area contributed by atoms with Gasteiger partial charge in [0.2, 0.25) is 0 Å². The topological polar surface area (TPSA) is 53.0 Å². The Morgan fingerprint density at radius 2 is 1.83 bits per heavy atom. The van der Waals surface area contributed by atoms with Crippen LogP contribution in [0.1, 0.15) is 31.2 Å². The Labute approximate surface area is 109 Å². The molecule has 1 aliphatic carbocycles. The largest absolute Gasteiger partial charge is 0.399 e. The first kappa shape index (κ1) is 12.9. The second kappa shape index (κ2) is 5.88. The number of anilines is 1. The molecule has 1 fully saturated rings. The van der Waals surface area contributed by atoms with Crippen molar-refractivity contribution in [2.24, 2.45) is 5.92 Å². The lowest BCUT2D eigenvalue weighted by atomic mass is 9.86. The number of nitrogens with two attached hydrogens (primary N) is 1. The summed E-state index contributed by atoms with van der Waals surface area (Å²) in [6, 6.07) is 11.1. The molecule has 2 N–H and O–H groups in total. The van der Waals surface area contributed by atoms with E-state index in [1.165, 1.54) is 5.56 Å². The lowest BCUT2D eigenvalue weighted by Crippen LogP contribution is -2.34. The molecule has 18 heavy (non-hydrogen) atoms. The first-order valence-corrected chi connectivity index (χ1v) is 6.63. The van der Waals surface area contributed by atoms with E-state index in [-0.39, 0.29) is 5.92 Å². The lowest BCUT2D eigenvalue weighted by molar-refractivity contribution is 0.171. The van der Waals surface area contributed by atoms with Crippen LogP contribution < -0.4 is 5.73 Å². The van der Waals surface area contributed by atoms with Crippen LogP contribution in [0.2, 0.25) is 0 Å². The molecule has 0 aliphatic heterocycles. The molecule has 1 aliphatic rings. The minimum Gasteiger partial charge on any atom is -0.399 e. The molecule has 1 aromatic carbocycles. The van der Waals surface area contributed by atoms with Gasteiger partial charge >= 0.3 is 0 Å². The van der Waals surface area contributed by atoms with Crippen LogP contribution in [0, 0.1) is 17.2 Å². The highest BCUT2D eigenvalue weighted by Gasteiger charge is 2.23. The number of rotatable bonds is 3. The summed E-state index contributed by atoms with van der Waals surface area (Å²) in [5.74, 6) is 0.283. The number of hydrogen-bond donors (Lipinski definition) is 1. The average Bonchev–Trinajstić information content (AvgIpc) is 2.41. The summed E-state index contributed by atoms with van der Waals surface area (Å²) >= 11 is 0. The number of nitriles is 1. The molecule has 0 radical (unpaired) electrons. The van der Waals surface area contributed by atoms with E-state index in [4.69, 9.17) is 11.0 Å². The minimum atomic E-state index is 0.283. The standard InChI is InChI=1S/C15H21N3/c1-18(11-13-2-6-14(17)7-3-13)15-8-4-12(10-16)5-9-15/h2-3,6-7,12,15H,4-5,8-9,11,17H2,1H3. The van der Waals surface area contributed by atoms with Gasteiger partial charge in [-0.15, -0.1) is 0 Å². The van der Waals surface area contributed by atoms with Crippen LogP contribution in [0.15, 0.2) is 24.3 Å². The summed E-state index contributed by atoms with van der Waals surface area (Å²) in [5, 5.41) is 8.90. The van der Waals surface area contributed by atoms with E-state index in [1.54, 1.807) is 0 Å². The fraction of sp³-hybridized carbons (Fsp3) is 0.533. The number of hydrogen-bond acceptors (Lipinski definition) is 3. The van der Waals surface area contributed by atoms with E-state index >= 15 is 0 Å². The molecule has 0 bridgehead atoms. The molecule has 0 spiro atoms. The van der Waals surface area contributed by atoms with Crippen LogP contribution in [-0.4, -0.2) is 18.0 Å². The molecule has 0 saturated heterocycles. The first-order valence-electron chi connectivity index (χ1n) is 6.63. The third-order valence-electron chi connectivity index (χ3n) is 3.91. The fourth-order valence-electron chi connectivity index (χ4n) is 2.69. The van der Waals surface area contributed by atoms with E-state index in [9.17, 15) is 0 Å². The third-order valence-corrected chi connectivity index (χ3v) is 3.91. The summed E-state index contributed by atoms with van der Waals surface area (Å²) < 4.78 is 0. The van der Waals surface area contributed by atoms with Gasteiger partial charge in [-0.3, -0.25) is 4.90 Å². The summed E-state index contributed by atoms with van der Waals surface area (Å²) in [5.41, 5.74) is 7.80. The molecule has 3 heteroatoms. The maximum absolute atomic E-state index is 8.90. The molecule has 0 unspecified atom stereocenters. The van der Waals surface area contributed by atoms with Crippen LogP contribution in [0.25, 0.3) is 0 Å². The zero-order valence-corrected chi connectivity index (χ0v) is 11.0. The van der Waals surface area contributed by atoms with Crippen molar-refractivity contribution in [2.45, 2.75) is 38.3 Å². The van der Waals surface area contributed by atoms with Gasteiger partial charge < -0.3 is 5.73 Å². The monoisotopic (exact) mass is 243 g/mol. The van der Waals surface area contributed by atoms with Crippen LogP contribution in [0.3, 0.4) is 0 Å². The van der Waals surface area contributed by atoms with E-state index in [2.05, 4.69) is 30.1 Å². The SMILES string of the molecule is CN(Cc1ccc(N)cc1)C1CCC(C#N)CC1. The van der Waals surface area contributed by atoms with Crippen molar-refractivity contribution < 1.29 is 0 Å². The second-order valence-electron chi connectivity index (χ2n) is 5.29. The molecular weight excluding hydrogens is 222 g/mol. The zero-order valence-electron chi connectivity index (χ0n) is 11.0. The van der Waals surface area contributed by atoms with Crippen molar-refractivity contribution in [3.05, 3.63) is 29.8 Å². The van der Waals surface area contributed by atoms with E-state index in [0.717, 1.165) is 37.9 Å². The molecule has 1 aromatic rings. The van der Waals surface area contributed by atoms with Crippen molar-refractivity contribution >= 4 is 5.69 Å². The van der Waals surface area contributed by atoms with Gasteiger partial charge in [-0.25, -0.2) is 0 Å². The summed E-state index contributed by atoms with van der Waals surface area (Å²) in [4.78, 5) is 2.40. The van der Waals surface area contributed by atoms with Crippen LogP contribution in [-0.2, 0) is 6.54 Å². The van der Waals surface area contributed by atoms with Gasteiger partial charge in [0, 0.05) is 24.2 Å². The molecule has 2 rings (SSSR count). The number of benzene rings is 1. The average molecular weight is 243 g/mol. The minimum absolute atomic E-state index is 0.283. The van der Waals surface area contributed by atoms with Gasteiger partial charge in [-0.1, -0.05) is 12.1 Å². The summed E-state index contributed by atoms with van der Waals surface area (Å²) in [6.07, 6.45) is 4.38. The smallest absolute Gasteiger partial charge is 0.0655 e. The molecular formula is C15H21N3.